The van der Waals surface area contributed by atoms with Crippen LogP contribution < -0.4 is 0 Å². The summed E-state index contributed by atoms with van der Waals surface area (Å²) >= 11 is 0. The number of ketones is 1. The molecule has 1 aliphatic carbocycles. The molecule has 0 amide bonds. The smallest absolute Gasteiger partial charge is 0.248 e. The highest BCUT2D eigenvalue weighted by Gasteiger charge is 2.37. The summed E-state index contributed by atoms with van der Waals surface area (Å²) < 4.78 is 40.1. The van der Waals surface area contributed by atoms with Crippen LogP contribution in [0.4, 0.5) is 13.2 Å². The molecule has 1 nitrogen and oxygen atoms in total. The Morgan fingerprint density at radius 3 is 2.84 bits per heavy atom. The average molecular weight is 270 g/mol. The van der Waals surface area contributed by atoms with Crippen LogP contribution in [0.25, 0.3) is 0 Å². The minimum atomic E-state index is -2.67. The van der Waals surface area contributed by atoms with Gasteiger partial charge in [-0.3, -0.25) is 4.79 Å². The van der Waals surface area contributed by atoms with Gasteiger partial charge in [-0.2, -0.15) is 0 Å². The fourth-order valence-corrected chi connectivity index (χ4v) is 2.68. The third-order valence-corrected chi connectivity index (χ3v) is 3.64. The maximum atomic E-state index is 13.6. The number of alkyl halides is 2. The first-order chi connectivity index (χ1) is 8.87. The molecule has 1 aromatic carbocycles. The van der Waals surface area contributed by atoms with Gasteiger partial charge in [0.05, 0.1) is 5.56 Å². The van der Waals surface area contributed by atoms with Crippen molar-refractivity contribution < 1.29 is 18.0 Å². The normalized spacial score (nSPS) is 22.2. The molecule has 4 heteroatoms. The van der Waals surface area contributed by atoms with E-state index in [1.807, 2.05) is 0 Å². The van der Waals surface area contributed by atoms with Crippen LogP contribution in [0.5, 0.6) is 0 Å². The van der Waals surface area contributed by atoms with Crippen LogP contribution >= 0.6 is 0 Å². The van der Waals surface area contributed by atoms with Gasteiger partial charge in [-0.1, -0.05) is 11.6 Å². The number of carbonyl (C=O) groups is 1. The number of Topliss-reactive ketones (excluding diaryl/α,β-unsaturated/α-hetero) is 1. The van der Waals surface area contributed by atoms with Gasteiger partial charge in [0.1, 0.15) is 5.82 Å². The lowest BCUT2D eigenvalue weighted by molar-refractivity contribution is -0.0521. The number of carbonyl (C=O) groups excluding carboxylic acids is 1. The molecule has 0 heterocycles. The summed E-state index contributed by atoms with van der Waals surface area (Å²) in [5.41, 5.74) is 0.813. The van der Waals surface area contributed by atoms with Crippen LogP contribution in [0.1, 0.15) is 48.0 Å². The number of benzene rings is 1. The zero-order valence-corrected chi connectivity index (χ0v) is 10.9. The molecule has 0 bridgehead atoms. The Balaban J connectivity index is 2.06. The number of halogens is 3. The highest BCUT2D eigenvalue weighted by Crippen LogP contribution is 2.38. The van der Waals surface area contributed by atoms with Crippen molar-refractivity contribution in [1.29, 1.82) is 0 Å². The van der Waals surface area contributed by atoms with E-state index in [4.69, 9.17) is 0 Å². The average Bonchev–Trinajstić information content (AvgIpc) is 2.31. The third-order valence-electron chi connectivity index (χ3n) is 3.64. The minimum Gasteiger partial charge on any atom is -0.294 e. The van der Waals surface area contributed by atoms with E-state index in [0.717, 1.165) is 5.56 Å². The van der Waals surface area contributed by atoms with Crippen LogP contribution in [0.2, 0.25) is 0 Å². The van der Waals surface area contributed by atoms with E-state index in [1.54, 1.807) is 13.0 Å². The molecular weight excluding hydrogens is 253 g/mol. The van der Waals surface area contributed by atoms with Gasteiger partial charge in [0.2, 0.25) is 5.92 Å². The van der Waals surface area contributed by atoms with E-state index in [9.17, 15) is 18.0 Å². The van der Waals surface area contributed by atoms with E-state index in [-0.39, 0.29) is 36.5 Å². The molecule has 0 radical (unpaired) electrons. The van der Waals surface area contributed by atoms with Crippen LogP contribution in [0.15, 0.2) is 18.2 Å². The Kier molecular flexibility index (Phi) is 3.97. The second-order valence-corrected chi connectivity index (χ2v) is 5.43. The van der Waals surface area contributed by atoms with Crippen molar-refractivity contribution in [2.75, 3.05) is 0 Å². The first-order valence-electron chi connectivity index (χ1n) is 6.54. The van der Waals surface area contributed by atoms with Crippen molar-refractivity contribution in [3.05, 3.63) is 35.1 Å². The van der Waals surface area contributed by atoms with Gasteiger partial charge >= 0.3 is 0 Å². The number of aryl methyl sites for hydroxylation is 1. The second-order valence-electron chi connectivity index (χ2n) is 5.43. The summed E-state index contributed by atoms with van der Waals surface area (Å²) in [6.07, 6.45) is 0.703. The largest absolute Gasteiger partial charge is 0.294 e. The molecular formula is C15H17F3O. The third kappa shape index (κ3) is 3.58. The van der Waals surface area contributed by atoms with Crippen LogP contribution in [-0.2, 0) is 0 Å². The van der Waals surface area contributed by atoms with Crippen molar-refractivity contribution in [1.82, 2.24) is 0 Å². The predicted octanol–water partition coefficient (Wildman–Crippen LogP) is 4.53. The number of rotatable bonds is 3. The van der Waals surface area contributed by atoms with Crippen LogP contribution in [0, 0.1) is 18.7 Å². The molecule has 0 aliphatic heterocycles. The van der Waals surface area contributed by atoms with Crippen molar-refractivity contribution in [3.8, 4) is 0 Å². The Morgan fingerprint density at radius 1 is 1.42 bits per heavy atom. The lowest BCUT2D eigenvalue weighted by Gasteiger charge is -2.28. The molecule has 1 atom stereocenters. The van der Waals surface area contributed by atoms with Crippen molar-refractivity contribution >= 4 is 5.78 Å². The monoisotopic (exact) mass is 270 g/mol. The standard InChI is InChI=1S/C15H17F3O/c1-10-4-5-13(16)12(7-10)14(19)8-11-3-2-6-15(17,18)9-11/h4-5,7,11H,2-3,6,8-9H2,1H3. The highest BCUT2D eigenvalue weighted by atomic mass is 19.3. The fourth-order valence-electron chi connectivity index (χ4n) is 2.68. The summed E-state index contributed by atoms with van der Waals surface area (Å²) in [6.45, 7) is 1.77. The Bertz CT molecular complexity index is 482. The molecule has 1 unspecified atom stereocenters. The Hall–Kier alpha value is -1.32. The zero-order chi connectivity index (χ0) is 14.0. The number of hydrogen-bond donors (Lipinski definition) is 0. The van der Waals surface area contributed by atoms with Crippen molar-refractivity contribution in [2.45, 2.75) is 45.0 Å². The molecule has 0 N–H and O–H groups in total. The maximum Gasteiger partial charge on any atom is 0.248 e. The van der Waals surface area contributed by atoms with Crippen molar-refractivity contribution in [3.63, 3.8) is 0 Å². The molecule has 1 fully saturated rings. The van der Waals surface area contributed by atoms with Gasteiger partial charge in [0, 0.05) is 19.3 Å². The summed E-state index contributed by atoms with van der Waals surface area (Å²) in [5, 5.41) is 0. The summed E-state index contributed by atoms with van der Waals surface area (Å²) in [4.78, 5) is 12.0. The molecule has 1 aliphatic rings. The van der Waals surface area contributed by atoms with Gasteiger partial charge in [-0.05, 0) is 37.8 Å². The van der Waals surface area contributed by atoms with E-state index >= 15 is 0 Å². The van der Waals surface area contributed by atoms with Gasteiger partial charge in [0.25, 0.3) is 0 Å². The lowest BCUT2D eigenvalue weighted by Crippen LogP contribution is -2.27. The van der Waals surface area contributed by atoms with E-state index in [0.29, 0.717) is 12.8 Å². The second kappa shape index (κ2) is 5.35. The van der Waals surface area contributed by atoms with Crippen molar-refractivity contribution in [2.24, 2.45) is 5.92 Å². The summed E-state index contributed by atoms with van der Waals surface area (Å²) in [6, 6.07) is 4.32. The van der Waals surface area contributed by atoms with Gasteiger partial charge in [0.15, 0.2) is 5.78 Å². The summed E-state index contributed by atoms with van der Waals surface area (Å²) in [5.74, 6) is -3.95. The Morgan fingerprint density at radius 2 is 2.16 bits per heavy atom. The Labute approximate surface area is 110 Å². The molecule has 0 spiro atoms. The molecule has 1 saturated carbocycles. The first-order valence-corrected chi connectivity index (χ1v) is 6.54. The SMILES string of the molecule is Cc1ccc(F)c(C(=O)CC2CCCC(F)(F)C2)c1. The maximum absolute atomic E-state index is 13.6. The van der Waals surface area contributed by atoms with Gasteiger partial charge < -0.3 is 0 Å². The van der Waals surface area contributed by atoms with E-state index in [1.165, 1.54) is 12.1 Å². The minimum absolute atomic E-state index is 0.00988. The zero-order valence-electron chi connectivity index (χ0n) is 10.9. The topological polar surface area (TPSA) is 17.1 Å². The van der Waals surface area contributed by atoms with Gasteiger partial charge in [-0.15, -0.1) is 0 Å². The molecule has 1 aromatic rings. The first kappa shape index (κ1) is 14.1. The predicted molar refractivity (Wildman–Crippen MR) is 67.0 cm³/mol. The molecule has 2 rings (SSSR count). The summed E-state index contributed by atoms with van der Waals surface area (Å²) in [7, 11) is 0. The van der Waals surface area contributed by atoms with Crippen LogP contribution in [0.3, 0.4) is 0 Å². The molecule has 0 aromatic heterocycles. The quantitative estimate of drug-likeness (QED) is 0.737. The highest BCUT2D eigenvalue weighted by molar-refractivity contribution is 5.96. The molecule has 104 valence electrons. The van der Waals surface area contributed by atoms with E-state index < -0.39 is 11.7 Å². The van der Waals surface area contributed by atoms with E-state index in [2.05, 4.69) is 0 Å². The molecule has 19 heavy (non-hydrogen) atoms. The number of hydrogen-bond acceptors (Lipinski definition) is 1. The van der Waals surface area contributed by atoms with Crippen LogP contribution in [-0.4, -0.2) is 11.7 Å². The fraction of sp³-hybridized carbons (Fsp3) is 0.533. The molecule has 0 saturated heterocycles. The lowest BCUT2D eigenvalue weighted by atomic mass is 9.82. The van der Waals surface area contributed by atoms with Gasteiger partial charge in [-0.25, -0.2) is 13.2 Å².